The van der Waals surface area contributed by atoms with Gasteiger partial charge in [0.2, 0.25) is 0 Å². The second kappa shape index (κ2) is 7.94. The summed E-state index contributed by atoms with van der Waals surface area (Å²) in [5.74, 6) is 1.65. The van der Waals surface area contributed by atoms with Gasteiger partial charge in [-0.25, -0.2) is 9.97 Å². The molecule has 25 heavy (non-hydrogen) atoms. The molecular formula is C18H22N4O3. The minimum Gasteiger partial charge on any atom is -0.497 e. The molecule has 1 aliphatic heterocycles. The van der Waals surface area contributed by atoms with Gasteiger partial charge >= 0.3 is 0 Å². The molecule has 1 saturated heterocycles. The van der Waals surface area contributed by atoms with Crippen LogP contribution in [0.5, 0.6) is 5.75 Å². The molecule has 1 atom stereocenters. The maximum atomic E-state index is 12.3. The van der Waals surface area contributed by atoms with Crippen molar-refractivity contribution in [3.05, 3.63) is 41.9 Å². The Labute approximate surface area is 146 Å². The minimum atomic E-state index is -0.223. The summed E-state index contributed by atoms with van der Waals surface area (Å²) >= 11 is 0. The number of hydrogen-bond donors (Lipinski definition) is 2. The van der Waals surface area contributed by atoms with Crippen molar-refractivity contribution in [3.63, 3.8) is 0 Å². The van der Waals surface area contributed by atoms with Crippen LogP contribution in [-0.2, 0) is 4.74 Å². The van der Waals surface area contributed by atoms with E-state index in [9.17, 15) is 4.79 Å². The number of carbonyl (C=O) groups excluding carboxylic acids is 1. The SMILES string of the molecule is COc1ccc(Nc2cc(C(=O)NCC3CCCO3)nc(C)n2)cc1. The molecule has 7 heteroatoms. The topological polar surface area (TPSA) is 85.4 Å². The van der Waals surface area contributed by atoms with Crippen molar-refractivity contribution in [2.75, 3.05) is 25.6 Å². The third-order valence-electron chi connectivity index (χ3n) is 3.95. The van der Waals surface area contributed by atoms with Gasteiger partial charge in [0.25, 0.3) is 5.91 Å². The fourth-order valence-corrected chi connectivity index (χ4v) is 2.67. The fraction of sp³-hybridized carbons (Fsp3) is 0.389. The fourth-order valence-electron chi connectivity index (χ4n) is 2.67. The molecule has 1 amide bonds. The maximum Gasteiger partial charge on any atom is 0.270 e. The zero-order valence-electron chi connectivity index (χ0n) is 14.4. The highest BCUT2D eigenvalue weighted by atomic mass is 16.5. The molecule has 1 unspecified atom stereocenters. The van der Waals surface area contributed by atoms with Crippen LogP contribution in [0.3, 0.4) is 0 Å². The minimum absolute atomic E-state index is 0.101. The zero-order chi connectivity index (χ0) is 17.6. The van der Waals surface area contributed by atoms with Crippen molar-refractivity contribution >= 4 is 17.4 Å². The third-order valence-corrected chi connectivity index (χ3v) is 3.95. The Morgan fingerprint density at radius 2 is 2.12 bits per heavy atom. The molecule has 2 heterocycles. The first-order valence-corrected chi connectivity index (χ1v) is 8.30. The van der Waals surface area contributed by atoms with Crippen molar-refractivity contribution < 1.29 is 14.3 Å². The van der Waals surface area contributed by atoms with E-state index in [-0.39, 0.29) is 12.0 Å². The molecule has 2 N–H and O–H groups in total. The van der Waals surface area contributed by atoms with Gasteiger partial charge in [-0.05, 0) is 44.0 Å². The summed E-state index contributed by atoms with van der Waals surface area (Å²) in [6.45, 7) is 3.03. The number of hydrogen-bond acceptors (Lipinski definition) is 6. The number of amides is 1. The molecule has 1 aromatic carbocycles. The van der Waals surface area contributed by atoms with E-state index < -0.39 is 0 Å². The van der Waals surface area contributed by atoms with Crippen LogP contribution < -0.4 is 15.4 Å². The standard InChI is InChI=1S/C18H22N4O3/c1-12-20-16(18(23)19-11-15-4-3-9-25-15)10-17(21-12)22-13-5-7-14(24-2)8-6-13/h5-8,10,15H,3-4,9,11H2,1-2H3,(H,19,23)(H,20,21,22). The Morgan fingerprint density at radius 1 is 1.32 bits per heavy atom. The van der Waals surface area contributed by atoms with Gasteiger partial charge in [0.1, 0.15) is 23.1 Å². The van der Waals surface area contributed by atoms with E-state index in [0.29, 0.717) is 23.9 Å². The van der Waals surface area contributed by atoms with Gasteiger partial charge < -0.3 is 20.1 Å². The molecule has 0 aliphatic carbocycles. The lowest BCUT2D eigenvalue weighted by Crippen LogP contribution is -2.32. The van der Waals surface area contributed by atoms with Crippen LogP contribution in [0, 0.1) is 6.92 Å². The second-order valence-corrected chi connectivity index (χ2v) is 5.88. The first-order chi connectivity index (χ1) is 12.1. The summed E-state index contributed by atoms with van der Waals surface area (Å²) < 4.78 is 10.7. The van der Waals surface area contributed by atoms with Gasteiger partial charge in [-0.2, -0.15) is 0 Å². The van der Waals surface area contributed by atoms with E-state index in [1.54, 1.807) is 20.1 Å². The van der Waals surface area contributed by atoms with Crippen molar-refractivity contribution in [1.29, 1.82) is 0 Å². The number of carbonyl (C=O) groups is 1. The second-order valence-electron chi connectivity index (χ2n) is 5.88. The third kappa shape index (κ3) is 4.67. The van der Waals surface area contributed by atoms with E-state index in [0.717, 1.165) is 30.9 Å². The van der Waals surface area contributed by atoms with E-state index in [1.807, 2.05) is 24.3 Å². The van der Waals surface area contributed by atoms with Gasteiger partial charge in [0.05, 0.1) is 13.2 Å². The molecule has 1 aliphatic rings. The van der Waals surface area contributed by atoms with Crippen LogP contribution in [0.25, 0.3) is 0 Å². The number of ether oxygens (including phenoxy) is 2. The Balaban J connectivity index is 1.67. The summed E-state index contributed by atoms with van der Waals surface area (Å²) in [6, 6.07) is 9.11. The largest absolute Gasteiger partial charge is 0.497 e. The molecule has 0 bridgehead atoms. The molecule has 0 saturated carbocycles. The lowest BCUT2D eigenvalue weighted by molar-refractivity contribution is 0.0853. The number of aromatic nitrogens is 2. The number of benzene rings is 1. The van der Waals surface area contributed by atoms with E-state index >= 15 is 0 Å². The molecule has 0 radical (unpaired) electrons. The van der Waals surface area contributed by atoms with Crippen LogP contribution in [0.1, 0.15) is 29.2 Å². The first kappa shape index (κ1) is 17.2. The van der Waals surface area contributed by atoms with Crippen LogP contribution in [-0.4, -0.2) is 42.2 Å². The van der Waals surface area contributed by atoms with Gasteiger partial charge in [-0.1, -0.05) is 0 Å². The van der Waals surface area contributed by atoms with E-state index in [2.05, 4.69) is 20.6 Å². The van der Waals surface area contributed by atoms with E-state index in [1.165, 1.54) is 0 Å². The zero-order valence-corrected chi connectivity index (χ0v) is 14.4. The molecule has 7 nitrogen and oxygen atoms in total. The lowest BCUT2D eigenvalue weighted by atomic mass is 10.2. The van der Waals surface area contributed by atoms with Gasteiger partial charge in [-0.3, -0.25) is 4.79 Å². The van der Waals surface area contributed by atoms with Crippen LogP contribution in [0.2, 0.25) is 0 Å². The summed E-state index contributed by atoms with van der Waals surface area (Å²) in [7, 11) is 1.62. The van der Waals surface area contributed by atoms with Crippen molar-refractivity contribution in [2.24, 2.45) is 0 Å². The summed E-state index contributed by atoms with van der Waals surface area (Å²) in [5.41, 5.74) is 1.19. The van der Waals surface area contributed by atoms with Crippen LogP contribution in [0.15, 0.2) is 30.3 Å². The predicted molar refractivity (Wildman–Crippen MR) is 94.4 cm³/mol. The monoisotopic (exact) mass is 342 g/mol. The van der Waals surface area contributed by atoms with Crippen LogP contribution >= 0.6 is 0 Å². The quantitative estimate of drug-likeness (QED) is 0.839. The smallest absolute Gasteiger partial charge is 0.270 e. The van der Waals surface area contributed by atoms with Gasteiger partial charge in [0, 0.05) is 24.9 Å². The number of methoxy groups -OCH3 is 1. The average molecular weight is 342 g/mol. The number of aryl methyl sites for hydroxylation is 1. The summed E-state index contributed by atoms with van der Waals surface area (Å²) in [6.07, 6.45) is 2.12. The molecule has 132 valence electrons. The summed E-state index contributed by atoms with van der Waals surface area (Å²) in [4.78, 5) is 20.9. The number of anilines is 2. The van der Waals surface area contributed by atoms with Crippen LogP contribution in [0.4, 0.5) is 11.5 Å². The van der Waals surface area contributed by atoms with E-state index in [4.69, 9.17) is 9.47 Å². The maximum absolute atomic E-state index is 12.3. The number of nitrogens with zero attached hydrogens (tertiary/aromatic N) is 2. The lowest BCUT2D eigenvalue weighted by Gasteiger charge is -2.12. The first-order valence-electron chi connectivity index (χ1n) is 8.30. The molecule has 0 spiro atoms. The highest BCUT2D eigenvalue weighted by Gasteiger charge is 2.17. The van der Waals surface area contributed by atoms with Crippen molar-refractivity contribution in [2.45, 2.75) is 25.9 Å². The highest BCUT2D eigenvalue weighted by molar-refractivity contribution is 5.93. The molecule has 1 aromatic heterocycles. The molecule has 3 rings (SSSR count). The molecule has 2 aromatic rings. The van der Waals surface area contributed by atoms with Crippen molar-refractivity contribution in [3.8, 4) is 5.75 Å². The number of rotatable bonds is 6. The Bertz CT molecular complexity index is 728. The Morgan fingerprint density at radius 3 is 2.80 bits per heavy atom. The summed E-state index contributed by atoms with van der Waals surface area (Å²) in [5, 5.41) is 6.05. The number of nitrogens with one attached hydrogen (secondary N) is 2. The normalized spacial score (nSPS) is 16.5. The predicted octanol–water partition coefficient (Wildman–Crippen LogP) is 2.45. The highest BCUT2D eigenvalue weighted by Crippen LogP contribution is 2.19. The van der Waals surface area contributed by atoms with Gasteiger partial charge in [-0.15, -0.1) is 0 Å². The van der Waals surface area contributed by atoms with Gasteiger partial charge in [0.15, 0.2) is 0 Å². The Kier molecular flexibility index (Phi) is 5.45. The van der Waals surface area contributed by atoms with Crippen molar-refractivity contribution in [1.82, 2.24) is 15.3 Å². The molecule has 1 fully saturated rings. The average Bonchev–Trinajstić information content (AvgIpc) is 3.13. The Hall–Kier alpha value is -2.67. The molecular weight excluding hydrogens is 320 g/mol.